The highest BCUT2D eigenvalue weighted by Gasteiger charge is 2.11. The van der Waals surface area contributed by atoms with Gasteiger partial charge in [0.15, 0.2) is 6.61 Å². The third-order valence-electron chi connectivity index (χ3n) is 4.11. The van der Waals surface area contributed by atoms with E-state index in [9.17, 15) is 14.4 Å². The summed E-state index contributed by atoms with van der Waals surface area (Å²) in [6.07, 6.45) is 0. The number of thiophene rings is 1. The van der Waals surface area contributed by atoms with Crippen molar-refractivity contribution in [3.05, 3.63) is 82.0 Å². The average Bonchev–Trinajstić information content (AvgIpc) is 3.32. The standard InChI is InChI=1S/C22H20N2O5S/c1-28-18-10-4-15(5-11-18)13-23-20(25)14-29-22(27)16-6-8-17(9-7-16)24-21(26)19-3-2-12-30-19/h2-12H,13-14H2,1H3,(H,23,25)(H,24,26). The van der Waals surface area contributed by atoms with Crippen molar-refractivity contribution in [2.24, 2.45) is 0 Å². The van der Waals surface area contributed by atoms with Gasteiger partial charge < -0.3 is 20.1 Å². The smallest absolute Gasteiger partial charge is 0.338 e. The lowest BCUT2D eigenvalue weighted by Crippen LogP contribution is -2.28. The first-order valence-corrected chi connectivity index (χ1v) is 9.95. The third-order valence-corrected chi connectivity index (χ3v) is 4.98. The molecule has 8 heteroatoms. The molecular formula is C22H20N2O5S. The Bertz CT molecular complexity index is 999. The molecule has 0 saturated carbocycles. The summed E-state index contributed by atoms with van der Waals surface area (Å²) in [6, 6.07) is 17.1. The number of esters is 1. The minimum atomic E-state index is -0.620. The molecule has 0 radical (unpaired) electrons. The van der Waals surface area contributed by atoms with Crippen LogP contribution in [0.25, 0.3) is 0 Å². The second-order valence-corrected chi connectivity index (χ2v) is 7.16. The summed E-state index contributed by atoms with van der Waals surface area (Å²) in [4.78, 5) is 36.6. The fourth-order valence-corrected chi connectivity index (χ4v) is 3.12. The molecule has 0 aliphatic rings. The number of hydrogen-bond donors (Lipinski definition) is 2. The summed E-state index contributed by atoms with van der Waals surface area (Å²) >= 11 is 1.34. The van der Waals surface area contributed by atoms with Crippen molar-refractivity contribution in [2.45, 2.75) is 6.54 Å². The fraction of sp³-hybridized carbons (Fsp3) is 0.136. The number of rotatable bonds is 8. The normalized spacial score (nSPS) is 10.2. The molecule has 0 bridgehead atoms. The van der Waals surface area contributed by atoms with Crippen LogP contribution in [0.1, 0.15) is 25.6 Å². The average molecular weight is 424 g/mol. The zero-order chi connectivity index (χ0) is 21.3. The summed E-state index contributed by atoms with van der Waals surface area (Å²) in [5.41, 5.74) is 1.74. The molecule has 1 heterocycles. The van der Waals surface area contributed by atoms with Crippen LogP contribution >= 0.6 is 11.3 Å². The lowest BCUT2D eigenvalue weighted by molar-refractivity contribution is -0.124. The van der Waals surface area contributed by atoms with Gasteiger partial charge in [-0.05, 0) is 53.4 Å². The highest BCUT2D eigenvalue weighted by atomic mass is 32.1. The van der Waals surface area contributed by atoms with E-state index >= 15 is 0 Å². The highest BCUT2D eigenvalue weighted by molar-refractivity contribution is 7.12. The van der Waals surface area contributed by atoms with Crippen LogP contribution in [0, 0.1) is 0 Å². The molecule has 1 aromatic heterocycles. The van der Waals surface area contributed by atoms with Crippen molar-refractivity contribution < 1.29 is 23.9 Å². The van der Waals surface area contributed by atoms with E-state index in [1.54, 1.807) is 43.5 Å². The van der Waals surface area contributed by atoms with Crippen molar-refractivity contribution >= 4 is 34.8 Å². The van der Waals surface area contributed by atoms with E-state index in [-0.39, 0.29) is 18.1 Å². The van der Waals surface area contributed by atoms with Crippen LogP contribution in [0.4, 0.5) is 5.69 Å². The molecule has 0 fully saturated rings. The van der Waals surface area contributed by atoms with Gasteiger partial charge in [-0.25, -0.2) is 4.79 Å². The number of anilines is 1. The zero-order valence-electron chi connectivity index (χ0n) is 16.2. The van der Waals surface area contributed by atoms with Gasteiger partial charge in [0.25, 0.3) is 11.8 Å². The molecule has 2 aromatic carbocycles. The third kappa shape index (κ3) is 5.92. The SMILES string of the molecule is COc1ccc(CNC(=O)COC(=O)c2ccc(NC(=O)c3cccs3)cc2)cc1. The number of hydrogen-bond acceptors (Lipinski definition) is 6. The number of benzene rings is 2. The van der Waals surface area contributed by atoms with Gasteiger partial charge in [0.05, 0.1) is 17.6 Å². The maximum absolute atomic E-state index is 12.1. The molecule has 0 aliphatic heterocycles. The molecule has 0 spiro atoms. The molecule has 2 amide bonds. The van der Waals surface area contributed by atoms with Crippen LogP contribution in [0.5, 0.6) is 5.75 Å². The van der Waals surface area contributed by atoms with E-state index in [1.807, 2.05) is 17.5 Å². The second kappa shape index (κ2) is 10.2. The molecule has 7 nitrogen and oxygen atoms in total. The predicted octanol–water partition coefficient (Wildman–Crippen LogP) is 3.48. The first-order valence-electron chi connectivity index (χ1n) is 9.07. The van der Waals surface area contributed by atoms with Crippen LogP contribution in [-0.4, -0.2) is 31.5 Å². The lowest BCUT2D eigenvalue weighted by Gasteiger charge is -2.08. The second-order valence-electron chi connectivity index (χ2n) is 6.21. The molecule has 3 rings (SSSR count). The molecule has 0 unspecified atom stereocenters. The summed E-state index contributed by atoms with van der Waals surface area (Å²) in [7, 11) is 1.58. The predicted molar refractivity (Wildman–Crippen MR) is 114 cm³/mol. The largest absolute Gasteiger partial charge is 0.497 e. The summed E-state index contributed by atoms with van der Waals surface area (Å²) in [6.45, 7) is -0.0646. The van der Waals surface area contributed by atoms with Gasteiger partial charge in [0.2, 0.25) is 0 Å². The number of ether oxygens (including phenoxy) is 2. The van der Waals surface area contributed by atoms with Crippen LogP contribution < -0.4 is 15.4 Å². The van der Waals surface area contributed by atoms with Gasteiger partial charge in [-0.2, -0.15) is 0 Å². The van der Waals surface area contributed by atoms with Crippen LogP contribution in [0.3, 0.4) is 0 Å². The Morgan fingerprint density at radius 1 is 0.967 bits per heavy atom. The number of carbonyl (C=O) groups is 3. The van der Waals surface area contributed by atoms with Crippen molar-refractivity contribution in [1.29, 1.82) is 0 Å². The zero-order valence-corrected chi connectivity index (χ0v) is 17.0. The Morgan fingerprint density at radius 2 is 1.70 bits per heavy atom. The Morgan fingerprint density at radius 3 is 2.33 bits per heavy atom. The highest BCUT2D eigenvalue weighted by Crippen LogP contribution is 2.15. The van der Waals surface area contributed by atoms with Crippen molar-refractivity contribution in [1.82, 2.24) is 5.32 Å². The first-order chi connectivity index (χ1) is 14.5. The van der Waals surface area contributed by atoms with Crippen LogP contribution in [0.15, 0.2) is 66.0 Å². The number of nitrogens with one attached hydrogen (secondary N) is 2. The van der Waals surface area contributed by atoms with E-state index < -0.39 is 11.9 Å². The summed E-state index contributed by atoms with van der Waals surface area (Å²) in [5.74, 6) is -0.505. The minimum absolute atomic E-state index is 0.214. The van der Waals surface area contributed by atoms with Gasteiger partial charge >= 0.3 is 5.97 Å². The van der Waals surface area contributed by atoms with E-state index in [1.165, 1.54) is 23.5 Å². The molecular weight excluding hydrogens is 404 g/mol. The fourth-order valence-electron chi connectivity index (χ4n) is 2.50. The molecule has 154 valence electrons. The van der Waals surface area contributed by atoms with Crippen molar-refractivity contribution in [2.75, 3.05) is 19.0 Å². The van der Waals surface area contributed by atoms with Crippen LogP contribution in [-0.2, 0) is 16.1 Å². The molecule has 30 heavy (non-hydrogen) atoms. The Hall–Kier alpha value is -3.65. The Labute approximate surface area is 177 Å². The van der Waals surface area contributed by atoms with Gasteiger partial charge in [-0.3, -0.25) is 9.59 Å². The Kier molecular flexibility index (Phi) is 7.18. The van der Waals surface area contributed by atoms with Crippen molar-refractivity contribution in [3.8, 4) is 5.75 Å². The lowest BCUT2D eigenvalue weighted by atomic mass is 10.2. The van der Waals surface area contributed by atoms with Gasteiger partial charge in [-0.1, -0.05) is 18.2 Å². The van der Waals surface area contributed by atoms with Gasteiger partial charge in [0.1, 0.15) is 5.75 Å². The maximum Gasteiger partial charge on any atom is 0.338 e. The summed E-state index contributed by atoms with van der Waals surface area (Å²) in [5, 5.41) is 7.25. The molecule has 0 atom stereocenters. The maximum atomic E-state index is 12.1. The monoisotopic (exact) mass is 424 g/mol. The van der Waals surface area contributed by atoms with Crippen molar-refractivity contribution in [3.63, 3.8) is 0 Å². The van der Waals surface area contributed by atoms with Crippen LogP contribution in [0.2, 0.25) is 0 Å². The molecule has 2 N–H and O–H groups in total. The van der Waals surface area contributed by atoms with E-state index in [2.05, 4.69) is 10.6 Å². The minimum Gasteiger partial charge on any atom is -0.497 e. The topological polar surface area (TPSA) is 93.7 Å². The molecule has 0 saturated heterocycles. The van der Waals surface area contributed by atoms with E-state index in [0.717, 1.165) is 11.3 Å². The van der Waals surface area contributed by atoms with E-state index in [4.69, 9.17) is 9.47 Å². The molecule has 0 aliphatic carbocycles. The van der Waals surface area contributed by atoms with Gasteiger partial charge in [0, 0.05) is 12.2 Å². The van der Waals surface area contributed by atoms with E-state index in [0.29, 0.717) is 17.1 Å². The number of amides is 2. The number of carbonyl (C=O) groups excluding carboxylic acids is 3. The quantitative estimate of drug-likeness (QED) is 0.540. The summed E-state index contributed by atoms with van der Waals surface area (Å²) < 4.78 is 10.1. The Balaban J connectivity index is 1.43. The number of methoxy groups -OCH3 is 1. The molecule has 3 aromatic rings. The van der Waals surface area contributed by atoms with Gasteiger partial charge in [-0.15, -0.1) is 11.3 Å². The first kappa shape index (κ1) is 21.1.